The average Bonchev–Trinajstić information content (AvgIpc) is 3.27. The third-order valence-corrected chi connectivity index (χ3v) is 4.49. The predicted molar refractivity (Wildman–Crippen MR) is 102 cm³/mol. The van der Waals surface area contributed by atoms with E-state index in [0.717, 1.165) is 15.8 Å². The van der Waals surface area contributed by atoms with Gasteiger partial charge in [0.25, 0.3) is 5.78 Å². The first-order valence-electron chi connectivity index (χ1n) is 7.64. The first kappa shape index (κ1) is 18.9. The zero-order valence-corrected chi connectivity index (χ0v) is 16.3. The SMILES string of the molecule is CCOC(=O)C(=O)c1csc(N=Cc2nc(-c3ccc(Br)cc3)oc2O)n1. The van der Waals surface area contributed by atoms with E-state index in [2.05, 4.69) is 35.6 Å². The normalized spacial score (nSPS) is 11.0. The molecule has 0 unspecified atom stereocenters. The topological polar surface area (TPSA) is 115 Å². The highest BCUT2D eigenvalue weighted by atomic mass is 79.9. The number of carbonyl (C=O) groups is 2. The van der Waals surface area contributed by atoms with E-state index in [1.165, 1.54) is 11.6 Å². The molecule has 0 fully saturated rings. The summed E-state index contributed by atoms with van der Waals surface area (Å²) in [4.78, 5) is 35.4. The van der Waals surface area contributed by atoms with Gasteiger partial charge in [0.05, 0.1) is 12.8 Å². The van der Waals surface area contributed by atoms with Crippen molar-refractivity contribution in [1.82, 2.24) is 9.97 Å². The van der Waals surface area contributed by atoms with Gasteiger partial charge in [-0.15, -0.1) is 11.3 Å². The number of Topliss-reactive ketones (excluding diaryl/α,β-unsaturated/α-hetero) is 1. The highest BCUT2D eigenvalue weighted by Crippen LogP contribution is 2.27. The first-order valence-corrected chi connectivity index (χ1v) is 9.32. The Morgan fingerprint density at radius 3 is 2.78 bits per heavy atom. The van der Waals surface area contributed by atoms with Crippen molar-refractivity contribution in [3.8, 4) is 17.4 Å². The summed E-state index contributed by atoms with van der Waals surface area (Å²) in [6, 6.07) is 7.21. The number of aromatic hydroxyl groups is 1. The number of hydrogen-bond acceptors (Lipinski definition) is 9. The number of benzene rings is 1. The number of rotatable bonds is 6. The van der Waals surface area contributed by atoms with Gasteiger partial charge in [-0.2, -0.15) is 0 Å². The Morgan fingerprint density at radius 1 is 1.33 bits per heavy atom. The molecule has 2 heterocycles. The second-order valence-electron chi connectivity index (χ2n) is 5.04. The average molecular weight is 450 g/mol. The van der Waals surface area contributed by atoms with Gasteiger partial charge in [-0.1, -0.05) is 15.9 Å². The summed E-state index contributed by atoms with van der Waals surface area (Å²) in [5.74, 6) is -1.96. The Morgan fingerprint density at radius 2 is 2.07 bits per heavy atom. The minimum Gasteiger partial charge on any atom is -0.479 e. The molecule has 2 aromatic heterocycles. The summed E-state index contributed by atoms with van der Waals surface area (Å²) in [5.41, 5.74) is 0.747. The monoisotopic (exact) mass is 449 g/mol. The first-order chi connectivity index (χ1) is 13.0. The van der Waals surface area contributed by atoms with Crippen molar-refractivity contribution in [2.24, 2.45) is 4.99 Å². The lowest BCUT2D eigenvalue weighted by Crippen LogP contribution is -2.17. The van der Waals surface area contributed by atoms with Crippen LogP contribution < -0.4 is 0 Å². The zero-order valence-electron chi connectivity index (χ0n) is 13.9. The number of aromatic nitrogens is 2. The molecule has 0 saturated carbocycles. The molecule has 0 radical (unpaired) electrons. The number of halogens is 1. The molecule has 0 aliphatic heterocycles. The molecule has 0 aliphatic rings. The predicted octanol–water partition coefficient (Wildman–Crippen LogP) is 3.76. The molecule has 0 aliphatic carbocycles. The van der Waals surface area contributed by atoms with Crippen LogP contribution in [0.25, 0.3) is 11.5 Å². The minimum atomic E-state index is -0.966. The molecule has 138 valence electrons. The fraction of sp³-hybridized carbons (Fsp3) is 0.118. The molecule has 3 aromatic rings. The van der Waals surface area contributed by atoms with E-state index in [4.69, 9.17) is 4.42 Å². The van der Waals surface area contributed by atoms with E-state index in [9.17, 15) is 14.7 Å². The van der Waals surface area contributed by atoms with Crippen LogP contribution in [0.3, 0.4) is 0 Å². The van der Waals surface area contributed by atoms with Crippen LogP contribution in [0.5, 0.6) is 5.95 Å². The Balaban J connectivity index is 1.76. The highest BCUT2D eigenvalue weighted by molar-refractivity contribution is 9.10. The number of thiazole rings is 1. The van der Waals surface area contributed by atoms with Gasteiger partial charge in [-0.25, -0.2) is 19.8 Å². The molecular weight excluding hydrogens is 438 g/mol. The fourth-order valence-electron chi connectivity index (χ4n) is 1.97. The summed E-state index contributed by atoms with van der Waals surface area (Å²) >= 11 is 4.40. The van der Waals surface area contributed by atoms with Gasteiger partial charge in [0.15, 0.2) is 5.69 Å². The van der Waals surface area contributed by atoms with Crippen molar-refractivity contribution in [1.29, 1.82) is 0 Å². The molecule has 8 nitrogen and oxygen atoms in total. The lowest BCUT2D eigenvalue weighted by molar-refractivity contribution is -0.137. The third kappa shape index (κ3) is 4.47. The fourth-order valence-corrected chi connectivity index (χ4v) is 2.88. The maximum Gasteiger partial charge on any atom is 0.381 e. The van der Waals surface area contributed by atoms with Gasteiger partial charge in [0.2, 0.25) is 11.0 Å². The van der Waals surface area contributed by atoms with E-state index in [1.807, 2.05) is 12.1 Å². The van der Waals surface area contributed by atoms with Crippen LogP contribution in [-0.4, -0.2) is 39.6 Å². The summed E-state index contributed by atoms with van der Waals surface area (Å²) < 4.78 is 10.8. The molecule has 27 heavy (non-hydrogen) atoms. The van der Waals surface area contributed by atoms with Crippen molar-refractivity contribution in [2.75, 3.05) is 6.61 Å². The molecule has 10 heteroatoms. The van der Waals surface area contributed by atoms with Crippen LogP contribution >= 0.6 is 27.3 Å². The van der Waals surface area contributed by atoms with Crippen molar-refractivity contribution in [3.05, 3.63) is 45.5 Å². The van der Waals surface area contributed by atoms with Crippen molar-refractivity contribution >= 4 is 50.4 Å². The second kappa shape index (κ2) is 8.23. The van der Waals surface area contributed by atoms with Gasteiger partial charge < -0.3 is 14.3 Å². The summed E-state index contributed by atoms with van der Waals surface area (Å²) in [6.07, 6.45) is 1.26. The van der Waals surface area contributed by atoms with Crippen molar-refractivity contribution in [2.45, 2.75) is 6.92 Å². The standard InChI is InChI=1S/C17H12BrN3O5S/c1-2-25-16(24)13(22)12-8-27-17(21-12)19-7-11-15(23)26-14(20-11)9-3-5-10(18)6-4-9/h3-8,23H,2H2,1H3. The van der Waals surface area contributed by atoms with Crippen LogP contribution in [0.15, 0.2) is 43.5 Å². The largest absolute Gasteiger partial charge is 0.479 e. The Kier molecular flexibility index (Phi) is 5.77. The molecule has 0 spiro atoms. The number of oxazole rings is 1. The molecule has 0 atom stereocenters. The molecule has 3 rings (SSSR count). The molecule has 0 amide bonds. The number of aliphatic imine (C=N–C) groups is 1. The minimum absolute atomic E-state index is 0.0504. The van der Waals surface area contributed by atoms with Gasteiger partial charge >= 0.3 is 11.9 Å². The van der Waals surface area contributed by atoms with Crippen LogP contribution in [0, 0.1) is 0 Å². The Labute approximate surface area is 165 Å². The summed E-state index contributed by atoms with van der Waals surface area (Å²) in [5, 5.41) is 11.5. The number of ether oxygens (including phenoxy) is 1. The Bertz CT molecular complexity index is 1010. The zero-order chi connectivity index (χ0) is 19.4. The van der Waals surface area contributed by atoms with Crippen LogP contribution in [0.4, 0.5) is 5.13 Å². The van der Waals surface area contributed by atoms with Gasteiger partial charge in [-0.3, -0.25) is 4.79 Å². The van der Waals surface area contributed by atoms with Crippen molar-refractivity contribution < 1.29 is 23.8 Å². The highest BCUT2D eigenvalue weighted by Gasteiger charge is 2.20. The summed E-state index contributed by atoms with van der Waals surface area (Å²) in [6.45, 7) is 1.71. The van der Waals surface area contributed by atoms with Crippen LogP contribution in [-0.2, 0) is 9.53 Å². The molecule has 1 N–H and O–H groups in total. The quantitative estimate of drug-likeness (QED) is 0.263. The van der Waals surface area contributed by atoms with E-state index < -0.39 is 17.7 Å². The smallest absolute Gasteiger partial charge is 0.381 e. The number of esters is 1. The van der Waals surface area contributed by atoms with E-state index in [-0.39, 0.29) is 29.0 Å². The van der Waals surface area contributed by atoms with Crippen LogP contribution in [0.1, 0.15) is 23.1 Å². The lowest BCUT2D eigenvalue weighted by Gasteiger charge is -1.96. The van der Waals surface area contributed by atoms with Gasteiger partial charge in [0, 0.05) is 15.4 Å². The van der Waals surface area contributed by atoms with E-state index >= 15 is 0 Å². The number of carbonyl (C=O) groups excluding carboxylic acids is 2. The van der Waals surface area contributed by atoms with E-state index in [1.54, 1.807) is 19.1 Å². The second-order valence-corrected chi connectivity index (χ2v) is 6.79. The Hall–Kier alpha value is -2.85. The number of nitrogens with zero attached hydrogens (tertiary/aromatic N) is 3. The number of ketones is 1. The number of hydrogen-bond donors (Lipinski definition) is 1. The molecular formula is C17H12BrN3O5S. The maximum atomic E-state index is 11.8. The molecule has 0 bridgehead atoms. The third-order valence-electron chi connectivity index (χ3n) is 3.21. The molecule has 0 saturated heterocycles. The van der Waals surface area contributed by atoms with Gasteiger partial charge in [0.1, 0.15) is 5.69 Å². The lowest BCUT2D eigenvalue weighted by atomic mass is 10.2. The van der Waals surface area contributed by atoms with Crippen LogP contribution in [0.2, 0.25) is 0 Å². The summed E-state index contributed by atoms with van der Waals surface area (Å²) in [7, 11) is 0. The van der Waals surface area contributed by atoms with Gasteiger partial charge in [-0.05, 0) is 31.2 Å². The van der Waals surface area contributed by atoms with E-state index in [0.29, 0.717) is 5.56 Å². The maximum absolute atomic E-state index is 11.8. The van der Waals surface area contributed by atoms with Crippen molar-refractivity contribution in [3.63, 3.8) is 0 Å². The molecule has 1 aromatic carbocycles.